The van der Waals surface area contributed by atoms with Crippen molar-refractivity contribution in [3.05, 3.63) is 35.4 Å². The molecule has 6 nitrogen and oxygen atoms in total. The van der Waals surface area contributed by atoms with Crippen LogP contribution in [0.15, 0.2) is 23.2 Å². The minimum atomic E-state index is -0.541. The van der Waals surface area contributed by atoms with Crippen LogP contribution in [0, 0.1) is 11.6 Å². The van der Waals surface area contributed by atoms with Gasteiger partial charge in [-0.1, -0.05) is 6.07 Å². The first kappa shape index (κ1) is 29.0. The summed E-state index contributed by atoms with van der Waals surface area (Å²) in [5, 5.41) is 6.76. The molecule has 1 unspecified atom stereocenters. The number of ether oxygens (including phenoxy) is 1. The number of likely N-dealkylation sites (tertiary alicyclic amines) is 1. The summed E-state index contributed by atoms with van der Waals surface area (Å²) in [6.45, 7) is 10.8. The highest BCUT2D eigenvalue weighted by molar-refractivity contribution is 14.0. The number of nitrogens with one attached hydrogen (secondary N) is 2. The molecule has 1 aromatic carbocycles. The highest BCUT2D eigenvalue weighted by Crippen LogP contribution is 2.24. The van der Waals surface area contributed by atoms with Gasteiger partial charge in [0, 0.05) is 37.8 Å². The number of aliphatic imine (C=N–C) groups is 1. The number of nitrogens with zero attached hydrogens (tertiary/aromatic N) is 3. The first-order valence-electron chi connectivity index (χ1n) is 11.3. The number of hydrogen-bond acceptors (Lipinski definition) is 4. The Morgan fingerprint density at radius 2 is 1.84 bits per heavy atom. The molecule has 0 amide bonds. The molecule has 0 bridgehead atoms. The Kier molecular flexibility index (Phi) is 13.6. The van der Waals surface area contributed by atoms with E-state index in [1.165, 1.54) is 18.2 Å². The summed E-state index contributed by atoms with van der Waals surface area (Å²) < 4.78 is 34.3. The van der Waals surface area contributed by atoms with Crippen molar-refractivity contribution in [3.8, 4) is 0 Å². The van der Waals surface area contributed by atoms with Gasteiger partial charge in [-0.2, -0.15) is 0 Å². The molecule has 1 saturated heterocycles. The van der Waals surface area contributed by atoms with E-state index in [1.54, 1.807) is 4.90 Å². The predicted molar refractivity (Wildman–Crippen MR) is 138 cm³/mol. The van der Waals surface area contributed by atoms with Crippen LogP contribution in [-0.2, 0) is 4.74 Å². The molecule has 1 atom stereocenters. The van der Waals surface area contributed by atoms with E-state index in [-0.39, 0.29) is 42.2 Å². The monoisotopic (exact) mass is 567 g/mol. The van der Waals surface area contributed by atoms with E-state index >= 15 is 0 Å². The van der Waals surface area contributed by atoms with Gasteiger partial charge in [-0.05, 0) is 59.8 Å². The fraction of sp³-hybridized carbons (Fsp3) is 0.696. The van der Waals surface area contributed by atoms with Gasteiger partial charge in [0.2, 0.25) is 0 Å². The normalized spacial score (nSPS) is 16.8. The van der Waals surface area contributed by atoms with Crippen molar-refractivity contribution in [2.75, 3.05) is 53.4 Å². The molecule has 184 valence electrons. The molecule has 0 radical (unpaired) electrons. The van der Waals surface area contributed by atoms with Crippen LogP contribution in [0.1, 0.15) is 45.2 Å². The van der Waals surface area contributed by atoms with Gasteiger partial charge in [0.25, 0.3) is 0 Å². The number of rotatable bonds is 10. The molecule has 1 fully saturated rings. The second kappa shape index (κ2) is 15.0. The molecule has 2 N–H and O–H groups in total. The smallest absolute Gasteiger partial charge is 0.191 e. The summed E-state index contributed by atoms with van der Waals surface area (Å²) in [6, 6.07) is 3.81. The molecule has 0 saturated carbocycles. The minimum Gasteiger partial charge on any atom is -0.377 e. The third kappa shape index (κ3) is 9.44. The lowest BCUT2D eigenvalue weighted by atomic mass is 10.0. The third-order valence-electron chi connectivity index (χ3n) is 5.51. The average Bonchev–Trinajstić information content (AvgIpc) is 2.71. The van der Waals surface area contributed by atoms with Crippen molar-refractivity contribution < 1.29 is 13.5 Å². The van der Waals surface area contributed by atoms with Gasteiger partial charge in [-0.15, -0.1) is 24.0 Å². The maximum Gasteiger partial charge on any atom is 0.191 e. The summed E-state index contributed by atoms with van der Waals surface area (Å²) in [6.07, 6.45) is 2.30. The summed E-state index contributed by atoms with van der Waals surface area (Å²) in [4.78, 5) is 8.88. The fourth-order valence-electron chi connectivity index (χ4n) is 3.75. The zero-order valence-electron chi connectivity index (χ0n) is 20.0. The number of guanidine groups is 1. The van der Waals surface area contributed by atoms with Crippen LogP contribution in [0.5, 0.6) is 0 Å². The summed E-state index contributed by atoms with van der Waals surface area (Å²) in [7, 11) is 3.62. The molecule has 2 rings (SSSR count). The molecule has 1 aliphatic heterocycles. The Morgan fingerprint density at radius 3 is 2.38 bits per heavy atom. The Morgan fingerprint density at radius 1 is 1.22 bits per heavy atom. The van der Waals surface area contributed by atoms with Gasteiger partial charge < -0.3 is 25.2 Å². The van der Waals surface area contributed by atoms with Gasteiger partial charge in [0.15, 0.2) is 5.96 Å². The first-order chi connectivity index (χ1) is 14.8. The SMILES string of the molecule is CCNC(=NCC(c1c(F)cccc1F)N(C)C)NC1CCN(CCOC(C)C)CC1.I. The minimum absolute atomic E-state index is 0. The van der Waals surface area contributed by atoms with E-state index in [4.69, 9.17) is 4.74 Å². The number of hydrogen-bond donors (Lipinski definition) is 2. The number of likely N-dealkylation sites (N-methyl/N-ethyl adjacent to an activating group) is 1. The van der Waals surface area contributed by atoms with E-state index in [9.17, 15) is 8.78 Å². The molecule has 32 heavy (non-hydrogen) atoms. The van der Waals surface area contributed by atoms with Crippen LogP contribution in [0.25, 0.3) is 0 Å². The maximum absolute atomic E-state index is 14.3. The Bertz CT molecular complexity index is 677. The quantitative estimate of drug-likeness (QED) is 0.257. The summed E-state index contributed by atoms with van der Waals surface area (Å²) in [5.41, 5.74) is 0.0593. The lowest BCUT2D eigenvalue weighted by Gasteiger charge is -2.33. The molecule has 0 aliphatic carbocycles. The van der Waals surface area contributed by atoms with Crippen LogP contribution in [0.3, 0.4) is 0 Å². The molecular weight excluding hydrogens is 527 g/mol. The second-order valence-corrected chi connectivity index (χ2v) is 8.51. The Hall–Kier alpha value is -1.04. The average molecular weight is 568 g/mol. The number of halogens is 3. The number of benzene rings is 1. The fourth-order valence-corrected chi connectivity index (χ4v) is 3.75. The second-order valence-electron chi connectivity index (χ2n) is 8.51. The van der Waals surface area contributed by atoms with Gasteiger partial charge in [0.1, 0.15) is 11.6 Å². The molecule has 1 heterocycles. The molecule has 1 aromatic rings. The van der Waals surface area contributed by atoms with Crippen molar-refractivity contribution in [1.29, 1.82) is 0 Å². The predicted octanol–water partition coefficient (Wildman–Crippen LogP) is 3.63. The van der Waals surface area contributed by atoms with Gasteiger partial charge >= 0.3 is 0 Å². The van der Waals surface area contributed by atoms with Crippen LogP contribution in [0.4, 0.5) is 8.78 Å². The van der Waals surface area contributed by atoms with Crippen molar-refractivity contribution in [3.63, 3.8) is 0 Å². The van der Waals surface area contributed by atoms with E-state index < -0.39 is 17.7 Å². The lowest BCUT2D eigenvalue weighted by molar-refractivity contribution is 0.0532. The van der Waals surface area contributed by atoms with Crippen molar-refractivity contribution in [1.82, 2.24) is 20.4 Å². The standard InChI is InChI=1S/C23H39F2N5O.HI/c1-6-26-23(28-18-10-12-30(13-11-18)14-15-31-17(2)3)27-16-21(29(4)5)22-19(24)8-7-9-20(22)25;/h7-9,17-18,21H,6,10-16H2,1-5H3,(H2,26,27,28);1H. The molecule has 9 heteroatoms. The van der Waals surface area contributed by atoms with Crippen LogP contribution < -0.4 is 10.6 Å². The number of piperidine rings is 1. The summed E-state index contributed by atoms with van der Waals surface area (Å²) in [5.74, 6) is -0.394. The lowest BCUT2D eigenvalue weighted by Crippen LogP contribution is -2.49. The molecule has 0 spiro atoms. The Balaban J connectivity index is 0.00000512. The van der Waals surface area contributed by atoms with Gasteiger partial charge in [-0.3, -0.25) is 4.99 Å². The zero-order chi connectivity index (χ0) is 22.8. The first-order valence-corrected chi connectivity index (χ1v) is 11.3. The maximum atomic E-state index is 14.3. The van der Waals surface area contributed by atoms with E-state index in [2.05, 4.69) is 34.4 Å². The topological polar surface area (TPSA) is 52.1 Å². The highest BCUT2D eigenvalue weighted by atomic mass is 127. The van der Waals surface area contributed by atoms with Gasteiger partial charge in [0.05, 0.1) is 25.3 Å². The van der Waals surface area contributed by atoms with Crippen LogP contribution in [-0.4, -0.2) is 81.3 Å². The van der Waals surface area contributed by atoms with Crippen molar-refractivity contribution >= 4 is 29.9 Å². The van der Waals surface area contributed by atoms with Crippen molar-refractivity contribution in [2.24, 2.45) is 4.99 Å². The molecule has 0 aromatic heterocycles. The molecular formula is C23H40F2IN5O. The summed E-state index contributed by atoms with van der Waals surface area (Å²) >= 11 is 0. The van der Waals surface area contributed by atoms with Crippen LogP contribution >= 0.6 is 24.0 Å². The third-order valence-corrected chi connectivity index (χ3v) is 5.51. The largest absolute Gasteiger partial charge is 0.377 e. The molecule has 1 aliphatic rings. The van der Waals surface area contributed by atoms with E-state index in [0.29, 0.717) is 12.0 Å². The zero-order valence-corrected chi connectivity index (χ0v) is 22.4. The van der Waals surface area contributed by atoms with Gasteiger partial charge in [-0.25, -0.2) is 8.78 Å². The van der Waals surface area contributed by atoms with E-state index in [1.807, 2.05) is 21.0 Å². The van der Waals surface area contributed by atoms with E-state index in [0.717, 1.165) is 45.6 Å². The Labute approximate surface area is 209 Å². The highest BCUT2D eigenvalue weighted by Gasteiger charge is 2.23. The van der Waals surface area contributed by atoms with Crippen molar-refractivity contribution in [2.45, 2.75) is 51.8 Å². The van der Waals surface area contributed by atoms with Crippen LogP contribution in [0.2, 0.25) is 0 Å².